The van der Waals surface area contributed by atoms with Crippen molar-refractivity contribution >= 4 is 0 Å². The molecule has 0 aliphatic heterocycles. The predicted octanol–water partition coefficient (Wildman–Crippen LogP) is 1.03. The molecule has 42 heavy (non-hydrogen) atoms. The Hall–Kier alpha value is -3.26. The third kappa shape index (κ3) is 7.02. The molecule has 0 amide bonds. The van der Waals surface area contributed by atoms with Crippen LogP contribution in [0.4, 0.5) is 0 Å². The number of ether oxygens (including phenoxy) is 6. The first-order valence-corrected chi connectivity index (χ1v) is 13.2. The fourth-order valence-electron chi connectivity index (χ4n) is 5.12. The Morgan fingerprint density at radius 3 is 1.50 bits per heavy atom. The van der Waals surface area contributed by atoms with Crippen LogP contribution < -0.4 is 28.4 Å². The largest absolute Gasteiger partial charge is 0.496 e. The van der Waals surface area contributed by atoms with Gasteiger partial charge in [-0.2, -0.15) is 0 Å². The van der Waals surface area contributed by atoms with E-state index >= 15 is 0 Å². The van der Waals surface area contributed by atoms with Crippen molar-refractivity contribution in [2.75, 3.05) is 49.3 Å². The van der Waals surface area contributed by atoms with Crippen molar-refractivity contribution in [3.8, 4) is 34.5 Å². The lowest BCUT2D eigenvalue weighted by Gasteiger charge is -2.46. The maximum atomic E-state index is 12.2. The van der Waals surface area contributed by atoms with Crippen molar-refractivity contribution in [2.24, 2.45) is 0 Å². The second-order valence-electron chi connectivity index (χ2n) is 9.78. The number of benzene rings is 2. The lowest BCUT2D eigenvalue weighted by Crippen LogP contribution is -2.66. The van der Waals surface area contributed by atoms with Crippen molar-refractivity contribution in [3.05, 3.63) is 47.5 Å². The van der Waals surface area contributed by atoms with Gasteiger partial charge in [-0.25, -0.2) is 0 Å². The van der Waals surface area contributed by atoms with Gasteiger partial charge in [0.05, 0.1) is 49.3 Å². The molecule has 0 aliphatic carbocycles. The standard InChI is InChI=1S/C30H44O12/c1-8-9-14-29(35,15-18-21(37-2)10-12-23(39-4)25(18)41-6)28(34)30(36,27(33)20(32)17-31)16-19-22(38-3)11-13-24(40-5)26(19)42-7/h8-13,20,27-28,31-36H,14-17H2,1-7H3/b9-8+/t20-,27+,28+,29?,30+/m0/s1. The number of hydrogen-bond acceptors (Lipinski definition) is 12. The summed E-state index contributed by atoms with van der Waals surface area (Å²) in [4.78, 5) is 0. The Balaban J connectivity index is 2.85. The number of allylic oxidation sites excluding steroid dienone is 1. The second kappa shape index (κ2) is 15.3. The minimum atomic E-state index is -2.70. The summed E-state index contributed by atoms with van der Waals surface area (Å²) in [5, 5.41) is 67.7. The van der Waals surface area contributed by atoms with Gasteiger partial charge in [0.2, 0.25) is 0 Å². The Morgan fingerprint density at radius 2 is 1.12 bits per heavy atom. The SMILES string of the molecule is C/C=C/CC(O)(Cc1c(OC)ccc(OC)c1OC)[C@@H](O)[C@@](O)(Cc1c(OC)ccc(OC)c1OC)[C@H](O)[C@@H](O)CO. The highest BCUT2D eigenvalue weighted by molar-refractivity contribution is 5.56. The van der Waals surface area contributed by atoms with Crippen molar-refractivity contribution in [2.45, 2.75) is 55.7 Å². The highest BCUT2D eigenvalue weighted by atomic mass is 16.5. The zero-order valence-corrected chi connectivity index (χ0v) is 25.2. The van der Waals surface area contributed by atoms with Crippen LogP contribution in [-0.2, 0) is 12.8 Å². The molecule has 0 fully saturated rings. The zero-order valence-electron chi connectivity index (χ0n) is 25.2. The smallest absolute Gasteiger partial charge is 0.167 e. The Kier molecular flexibility index (Phi) is 12.7. The zero-order chi connectivity index (χ0) is 31.7. The van der Waals surface area contributed by atoms with Crippen LogP contribution >= 0.6 is 0 Å². The summed E-state index contributed by atoms with van der Waals surface area (Å²) in [6, 6.07) is 6.32. The summed E-state index contributed by atoms with van der Waals surface area (Å²) < 4.78 is 32.8. The van der Waals surface area contributed by atoms with Crippen LogP contribution in [0.1, 0.15) is 24.5 Å². The number of rotatable bonds is 17. The van der Waals surface area contributed by atoms with E-state index in [1.54, 1.807) is 37.3 Å². The van der Waals surface area contributed by atoms with Crippen molar-refractivity contribution in [1.82, 2.24) is 0 Å². The summed E-state index contributed by atoms with van der Waals surface area (Å²) in [6.45, 7) is 0.759. The van der Waals surface area contributed by atoms with Crippen LogP contribution in [0.15, 0.2) is 36.4 Å². The van der Waals surface area contributed by atoms with Crippen LogP contribution in [0.3, 0.4) is 0 Å². The van der Waals surface area contributed by atoms with Crippen LogP contribution in [0.2, 0.25) is 0 Å². The molecule has 0 saturated heterocycles. The number of aliphatic hydroxyl groups excluding tert-OH is 4. The first-order valence-electron chi connectivity index (χ1n) is 13.2. The van der Waals surface area contributed by atoms with E-state index in [9.17, 15) is 30.6 Å². The van der Waals surface area contributed by atoms with Crippen molar-refractivity contribution in [3.63, 3.8) is 0 Å². The fourth-order valence-corrected chi connectivity index (χ4v) is 5.12. The molecule has 12 nitrogen and oxygen atoms in total. The minimum absolute atomic E-state index is 0.126. The molecule has 6 N–H and O–H groups in total. The monoisotopic (exact) mass is 596 g/mol. The van der Waals surface area contributed by atoms with Gasteiger partial charge >= 0.3 is 0 Å². The van der Waals surface area contributed by atoms with Crippen molar-refractivity contribution < 1.29 is 59.1 Å². The lowest BCUT2D eigenvalue weighted by atomic mass is 9.71. The molecule has 1 unspecified atom stereocenters. The van der Waals surface area contributed by atoms with Gasteiger partial charge in [-0.05, 0) is 37.6 Å². The summed E-state index contributed by atoms with van der Waals surface area (Å²) in [5.41, 5.74) is -4.45. The molecule has 2 rings (SSSR count). The predicted molar refractivity (Wildman–Crippen MR) is 154 cm³/mol. The molecule has 2 aromatic carbocycles. The molecule has 0 aliphatic rings. The van der Waals surface area contributed by atoms with E-state index in [4.69, 9.17) is 28.4 Å². The molecule has 0 aromatic heterocycles. The number of methoxy groups -OCH3 is 6. The maximum Gasteiger partial charge on any atom is 0.167 e. The molecule has 0 spiro atoms. The van der Waals surface area contributed by atoms with Gasteiger partial charge in [0.15, 0.2) is 23.0 Å². The molecule has 0 radical (unpaired) electrons. The Bertz CT molecular complexity index is 1190. The number of aliphatic hydroxyl groups is 6. The second-order valence-corrected chi connectivity index (χ2v) is 9.78. The molecular weight excluding hydrogens is 552 g/mol. The highest BCUT2D eigenvalue weighted by Gasteiger charge is 2.55. The third-order valence-electron chi connectivity index (χ3n) is 7.35. The van der Waals surface area contributed by atoms with Crippen LogP contribution in [0.5, 0.6) is 34.5 Å². The molecule has 2 aromatic rings. The molecule has 236 valence electrons. The maximum absolute atomic E-state index is 12.2. The molecule has 0 saturated carbocycles. The van der Waals surface area contributed by atoms with Gasteiger partial charge in [0, 0.05) is 24.0 Å². The van der Waals surface area contributed by atoms with Crippen LogP contribution in [-0.4, -0.2) is 109 Å². The van der Waals surface area contributed by atoms with Crippen LogP contribution in [0, 0.1) is 0 Å². The van der Waals surface area contributed by atoms with E-state index in [-0.39, 0.29) is 41.4 Å². The molecule has 0 heterocycles. The van der Waals surface area contributed by atoms with Gasteiger partial charge in [-0.3, -0.25) is 0 Å². The number of hydrogen-bond donors (Lipinski definition) is 6. The summed E-state index contributed by atoms with van der Waals surface area (Å²) >= 11 is 0. The minimum Gasteiger partial charge on any atom is -0.496 e. The first-order chi connectivity index (χ1) is 20.0. The van der Waals surface area contributed by atoms with E-state index in [0.717, 1.165) is 0 Å². The summed E-state index contributed by atoms with van der Waals surface area (Å²) in [5.74, 6) is 1.44. The topological polar surface area (TPSA) is 177 Å². The van der Waals surface area contributed by atoms with Gasteiger partial charge in [0.1, 0.15) is 41.0 Å². The highest BCUT2D eigenvalue weighted by Crippen LogP contribution is 2.45. The molecule has 0 bridgehead atoms. The van der Waals surface area contributed by atoms with Crippen LogP contribution in [0.25, 0.3) is 0 Å². The summed E-state index contributed by atoms with van der Waals surface area (Å²) in [7, 11) is 8.41. The quantitative estimate of drug-likeness (QED) is 0.143. The normalized spacial score (nSPS) is 16.6. The van der Waals surface area contributed by atoms with E-state index in [1.165, 1.54) is 48.7 Å². The third-order valence-corrected chi connectivity index (χ3v) is 7.35. The lowest BCUT2D eigenvalue weighted by molar-refractivity contribution is -0.228. The van der Waals surface area contributed by atoms with Gasteiger partial charge in [0.25, 0.3) is 0 Å². The van der Waals surface area contributed by atoms with E-state index in [1.807, 2.05) is 0 Å². The first kappa shape index (κ1) is 34.9. The van der Waals surface area contributed by atoms with Gasteiger partial charge in [-0.1, -0.05) is 12.2 Å². The summed E-state index contributed by atoms with van der Waals surface area (Å²) in [6.07, 6.45) is -4.21. The molecule has 12 heteroatoms. The van der Waals surface area contributed by atoms with Gasteiger partial charge in [-0.15, -0.1) is 0 Å². The van der Waals surface area contributed by atoms with E-state index in [0.29, 0.717) is 17.1 Å². The Labute approximate surface area is 246 Å². The molecular formula is C30H44O12. The average Bonchev–Trinajstić information content (AvgIpc) is 3.01. The van der Waals surface area contributed by atoms with E-state index < -0.39 is 42.5 Å². The average molecular weight is 597 g/mol. The fraction of sp³-hybridized carbons (Fsp3) is 0.533. The van der Waals surface area contributed by atoms with Gasteiger partial charge < -0.3 is 59.1 Å². The van der Waals surface area contributed by atoms with Crippen molar-refractivity contribution in [1.29, 1.82) is 0 Å². The molecule has 5 atom stereocenters. The van der Waals surface area contributed by atoms with E-state index in [2.05, 4.69) is 0 Å². The Morgan fingerprint density at radius 1 is 0.690 bits per heavy atom.